The van der Waals surface area contributed by atoms with Crippen LogP contribution in [0.4, 0.5) is 0 Å². The summed E-state index contributed by atoms with van der Waals surface area (Å²) in [5.41, 5.74) is 0.702. The summed E-state index contributed by atoms with van der Waals surface area (Å²) in [5.74, 6) is 0.805. The number of nitrogens with zero attached hydrogens (tertiary/aromatic N) is 2. The number of hydrogen-bond acceptors (Lipinski definition) is 3. The van der Waals surface area contributed by atoms with E-state index in [1.165, 1.54) is 6.20 Å². The minimum atomic E-state index is 0.115. The molecule has 0 aliphatic carbocycles. The van der Waals surface area contributed by atoms with Crippen LogP contribution in [-0.4, -0.2) is 21.6 Å². The number of aromatic hydroxyl groups is 1. The molecule has 0 aliphatic heterocycles. The van der Waals surface area contributed by atoms with E-state index in [1.807, 2.05) is 0 Å². The quantitative estimate of drug-likeness (QED) is 0.685. The first-order valence-corrected chi connectivity index (χ1v) is 3.51. The molecule has 0 saturated carbocycles. The lowest BCUT2D eigenvalue weighted by molar-refractivity contribution is 0.408. The minimum Gasteiger partial charge on any atom is -0.495 e. The topological polar surface area (TPSA) is 46.8 Å². The van der Waals surface area contributed by atoms with Crippen molar-refractivity contribution in [3.05, 3.63) is 24.5 Å². The fraction of sp³-hybridized carbons (Fsp3) is 0.125. The summed E-state index contributed by atoms with van der Waals surface area (Å²) < 4.78 is 6.54. The third-order valence-electron chi connectivity index (χ3n) is 1.69. The van der Waals surface area contributed by atoms with Gasteiger partial charge >= 0.3 is 0 Å². The molecule has 2 heterocycles. The van der Waals surface area contributed by atoms with Crippen LogP contribution in [0.15, 0.2) is 24.5 Å². The van der Waals surface area contributed by atoms with E-state index < -0.39 is 0 Å². The molecular weight excluding hydrogens is 156 g/mol. The summed E-state index contributed by atoms with van der Waals surface area (Å²) in [4.78, 5) is 3.95. The van der Waals surface area contributed by atoms with Crippen molar-refractivity contribution in [2.45, 2.75) is 0 Å². The van der Waals surface area contributed by atoms with Crippen LogP contribution in [0.1, 0.15) is 0 Å². The third kappa shape index (κ3) is 0.887. The molecule has 1 N–H and O–H groups in total. The molecule has 4 heteroatoms. The Bertz CT molecular complexity index is 408. The van der Waals surface area contributed by atoms with Gasteiger partial charge in [-0.1, -0.05) is 0 Å². The van der Waals surface area contributed by atoms with Gasteiger partial charge < -0.3 is 9.84 Å². The van der Waals surface area contributed by atoms with Gasteiger partial charge in [-0.25, -0.2) is 4.98 Å². The first kappa shape index (κ1) is 6.97. The number of pyridine rings is 1. The second-order valence-electron chi connectivity index (χ2n) is 2.41. The lowest BCUT2D eigenvalue weighted by Crippen LogP contribution is -1.87. The molecule has 0 spiro atoms. The average Bonchev–Trinajstić information content (AvgIpc) is 2.47. The van der Waals surface area contributed by atoms with Crippen molar-refractivity contribution in [1.29, 1.82) is 0 Å². The van der Waals surface area contributed by atoms with E-state index in [0.717, 1.165) is 0 Å². The third-order valence-corrected chi connectivity index (χ3v) is 1.69. The van der Waals surface area contributed by atoms with Gasteiger partial charge in [0.1, 0.15) is 11.4 Å². The maximum Gasteiger partial charge on any atom is 0.215 e. The number of imidazole rings is 1. The second kappa shape index (κ2) is 2.41. The highest BCUT2D eigenvalue weighted by molar-refractivity contribution is 5.44. The molecule has 0 radical (unpaired) electrons. The minimum absolute atomic E-state index is 0.115. The highest BCUT2D eigenvalue weighted by Crippen LogP contribution is 2.17. The monoisotopic (exact) mass is 164 g/mol. The van der Waals surface area contributed by atoms with E-state index in [2.05, 4.69) is 4.98 Å². The largest absolute Gasteiger partial charge is 0.495 e. The van der Waals surface area contributed by atoms with Crippen LogP contribution in [0, 0.1) is 0 Å². The molecule has 4 nitrogen and oxygen atoms in total. The highest BCUT2D eigenvalue weighted by Gasteiger charge is 2.00. The van der Waals surface area contributed by atoms with E-state index in [4.69, 9.17) is 4.74 Å². The molecule has 62 valence electrons. The first-order chi connectivity index (χ1) is 5.81. The Balaban J connectivity index is 2.71. The van der Waals surface area contributed by atoms with Crippen molar-refractivity contribution in [1.82, 2.24) is 9.38 Å². The van der Waals surface area contributed by atoms with Crippen LogP contribution >= 0.6 is 0 Å². The first-order valence-electron chi connectivity index (χ1n) is 3.51. The predicted molar refractivity (Wildman–Crippen MR) is 43.4 cm³/mol. The molecule has 0 saturated heterocycles. The zero-order valence-corrected chi connectivity index (χ0v) is 6.56. The standard InChI is InChI=1S/C8H8N2O2/c1-12-6-2-3-7-9-4-8(11)10(7)5-6/h2-5,11H,1H3. The number of methoxy groups -OCH3 is 1. The molecule has 12 heavy (non-hydrogen) atoms. The maximum absolute atomic E-state index is 9.28. The van der Waals surface area contributed by atoms with Crippen LogP contribution in [0.25, 0.3) is 5.65 Å². The van der Waals surface area contributed by atoms with Crippen LogP contribution < -0.4 is 4.74 Å². The van der Waals surface area contributed by atoms with Crippen LogP contribution in [0.5, 0.6) is 11.6 Å². The molecular formula is C8H8N2O2. The van der Waals surface area contributed by atoms with Gasteiger partial charge in [0.15, 0.2) is 0 Å². The van der Waals surface area contributed by atoms with Crippen molar-refractivity contribution in [2.75, 3.05) is 7.11 Å². The molecule has 2 aromatic heterocycles. The van der Waals surface area contributed by atoms with E-state index in [1.54, 1.807) is 29.8 Å². The lowest BCUT2D eigenvalue weighted by Gasteiger charge is -1.99. The molecule has 0 bridgehead atoms. The number of fused-ring (bicyclic) bond motifs is 1. The van der Waals surface area contributed by atoms with Gasteiger partial charge in [0.25, 0.3) is 0 Å². The van der Waals surface area contributed by atoms with Gasteiger partial charge in [-0.3, -0.25) is 4.40 Å². The van der Waals surface area contributed by atoms with Crippen LogP contribution in [-0.2, 0) is 0 Å². The Morgan fingerprint density at radius 2 is 2.33 bits per heavy atom. The Morgan fingerprint density at radius 3 is 3.08 bits per heavy atom. The van der Waals surface area contributed by atoms with Crippen molar-refractivity contribution >= 4 is 5.65 Å². The van der Waals surface area contributed by atoms with E-state index in [0.29, 0.717) is 11.4 Å². The lowest BCUT2D eigenvalue weighted by atomic mass is 10.4. The molecule has 2 rings (SSSR count). The molecule has 0 amide bonds. The van der Waals surface area contributed by atoms with E-state index in [9.17, 15) is 5.11 Å². The molecule has 0 atom stereocenters. The number of hydrogen-bond donors (Lipinski definition) is 1. The number of rotatable bonds is 1. The zero-order valence-electron chi connectivity index (χ0n) is 6.56. The summed E-state index contributed by atoms with van der Waals surface area (Å²) in [6, 6.07) is 3.57. The summed E-state index contributed by atoms with van der Waals surface area (Å²) in [7, 11) is 1.58. The van der Waals surface area contributed by atoms with Crippen molar-refractivity contribution < 1.29 is 9.84 Å². The Morgan fingerprint density at radius 1 is 1.50 bits per heavy atom. The van der Waals surface area contributed by atoms with Crippen LogP contribution in [0.2, 0.25) is 0 Å². The molecule has 0 unspecified atom stereocenters. The van der Waals surface area contributed by atoms with E-state index >= 15 is 0 Å². The Kier molecular flexibility index (Phi) is 1.40. The number of aromatic nitrogens is 2. The summed E-state index contributed by atoms with van der Waals surface area (Å²) in [6.07, 6.45) is 3.08. The fourth-order valence-electron chi connectivity index (χ4n) is 1.07. The summed E-state index contributed by atoms with van der Waals surface area (Å²) in [6.45, 7) is 0. The Labute approximate surface area is 69.0 Å². The summed E-state index contributed by atoms with van der Waals surface area (Å²) in [5, 5.41) is 9.28. The molecule has 0 aliphatic rings. The molecule has 2 aromatic rings. The van der Waals surface area contributed by atoms with E-state index in [-0.39, 0.29) is 5.88 Å². The second-order valence-corrected chi connectivity index (χ2v) is 2.41. The fourth-order valence-corrected chi connectivity index (χ4v) is 1.07. The van der Waals surface area contributed by atoms with Gasteiger partial charge in [0.05, 0.1) is 19.5 Å². The SMILES string of the molecule is COc1ccc2ncc(O)n2c1. The number of ether oxygens (including phenoxy) is 1. The maximum atomic E-state index is 9.28. The van der Waals surface area contributed by atoms with Crippen molar-refractivity contribution in [2.24, 2.45) is 0 Å². The molecule has 0 fully saturated rings. The van der Waals surface area contributed by atoms with Gasteiger partial charge in [0, 0.05) is 0 Å². The van der Waals surface area contributed by atoms with Crippen molar-refractivity contribution in [3.8, 4) is 11.6 Å². The van der Waals surface area contributed by atoms with Crippen molar-refractivity contribution in [3.63, 3.8) is 0 Å². The highest BCUT2D eigenvalue weighted by atomic mass is 16.5. The predicted octanol–water partition coefficient (Wildman–Crippen LogP) is 1.05. The Hall–Kier alpha value is -1.71. The van der Waals surface area contributed by atoms with Gasteiger partial charge in [-0.05, 0) is 12.1 Å². The average molecular weight is 164 g/mol. The van der Waals surface area contributed by atoms with Gasteiger partial charge in [0.2, 0.25) is 5.88 Å². The van der Waals surface area contributed by atoms with Gasteiger partial charge in [-0.15, -0.1) is 0 Å². The van der Waals surface area contributed by atoms with Gasteiger partial charge in [-0.2, -0.15) is 0 Å². The normalized spacial score (nSPS) is 10.4. The van der Waals surface area contributed by atoms with Crippen LogP contribution in [0.3, 0.4) is 0 Å². The zero-order chi connectivity index (χ0) is 8.55. The molecule has 0 aromatic carbocycles. The smallest absolute Gasteiger partial charge is 0.215 e. The summed E-state index contributed by atoms with van der Waals surface area (Å²) >= 11 is 0.